The van der Waals surface area contributed by atoms with E-state index < -0.39 is 0 Å². The van der Waals surface area contributed by atoms with Crippen molar-refractivity contribution in [3.63, 3.8) is 0 Å². The normalized spacial score (nSPS) is 17.1. The fourth-order valence-corrected chi connectivity index (χ4v) is 3.31. The molecular weight excluding hydrogens is 330 g/mol. The van der Waals surface area contributed by atoms with E-state index in [2.05, 4.69) is 20.6 Å². The lowest BCUT2D eigenvalue weighted by atomic mass is 10.1. The molecule has 0 saturated carbocycles. The van der Waals surface area contributed by atoms with Crippen molar-refractivity contribution >= 4 is 11.6 Å². The zero-order chi connectivity index (χ0) is 18.3. The average molecular weight is 351 g/mol. The van der Waals surface area contributed by atoms with E-state index in [4.69, 9.17) is 0 Å². The first-order chi connectivity index (χ1) is 12.5. The number of amides is 1. The highest BCUT2D eigenvalue weighted by Gasteiger charge is 2.31. The summed E-state index contributed by atoms with van der Waals surface area (Å²) in [6, 6.07) is 9.55. The highest BCUT2D eigenvalue weighted by molar-refractivity contribution is 5.97. The van der Waals surface area contributed by atoms with Crippen molar-refractivity contribution in [3.8, 4) is 11.3 Å². The number of aryl methyl sites for hydroxylation is 2. The number of rotatable bonds is 3. The molecule has 3 aromatic rings. The standard InChI is InChI=1S/C18H21N7O/c1-12-20-21-16-11-23(2)15(10-25(12)16)18(26)19-14-9-24(3)22-17(14)13-7-5-4-6-8-13/h4-9,15H,10-11H2,1-3H3,(H,19,26). The van der Waals surface area contributed by atoms with Crippen LogP contribution in [0.15, 0.2) is 36.5 Å². The first-order valence-corrected chi connectivity index (χ1v) is 8.52. The van der Waals surface area contributed by atoms with Crippen LogP contribution < -0.4 is 5.32 Å². The number of fused-ring (bicyclic) bond motifs is 1. The van der Waals surface area contributed by atoms with Gasteiger partial charge in [0.15, 0.2) is 0 Å². The number of aromatic nitrogens is 5. The van der Waals surface area contributed by atoms with Gasteiger partial charge >= 0.3 is 0 Å². The molecule has 26 heavy (non-hydrogen) atoms. The molecule has 0 saturated heterocycles. The summed E-state index contributed by atoms with van der Waals surface area (Å²) in [5, 5.41) is 15.8. The van der Waals surface area contributed by atoms with Crippen LogP contribution in [-0.2, 0) is 24.9 Å². The quantitative estimate of drug-likeness (QED) is 0.772. The van der Waals surface area contributed by atoms with Crippen LogP contribution in [0.3, 0.4) is 0 Å². The molecule has 0 fully saturated rings. The largest absolute Gasteiger partial charge is 0.321 e. The van der Waals surface area contributed by atoms with Crippen LogP contribution in [0.4, 0.5) is 5.69 Å². The van der Waals surface area contributed by atoms with Gasteiger partial charge in [-0.05, 0) is 14.0 Å². The Labute approximate surface area is 151 Å². The highest BCUT2D eigenvalue weighted by atomic mass is 16.2. The fraction of sp³-hybridized carbons (Fsp3) is 0.333. The van der Waals surface area contributed by atoms with Crippen LogP contribution >= 0.6 is 0 Å². The summed E-state index contributed by atoms with van der Waals surface area (Å²) in [7, 11) is 3.78. The Balaban J connectivity index is 1.59. The monoisotopic (exact) mass is 351 g/mol. The zero-order valence-corrected chi connectivity index (χ0v) is 15.0. The second-order valence-electron chi connectivity index (χ2n) is 6.63. The van der Waals surface area contributed by atoms with Crippen molar-refractivity contribution < 1.29 is 4.79 Å². The van der Waals surface area contributed by atoms with Gasteiger partial charge in [-0.25, -0.2) is 0 Å². The molecule has 1 N–H and O–H groups in total. The lowest BCUT2D eigenvalue weighted by molar-refractivity contribution is -0.122. The van der Waals surface area contributed by atoms with E-state index in [0.717, 1.165) is 22.9 Å². The van der Waals surface area contributed by atoms with Crippen LogP contribution in [0.5, 0.6) is 0 Å². The van der Waals surface area contributed by atoms with Crippen molar-refractivity contribution in [2.24, 2.45) is 7.05 Å². The second kappa shape index (κ2) is 6.38. The number of benzene rings is 1. The van der Waals surface area contributed by atoms with E-state index >= 15 is 0 Å². The van der Waals surface area contributed by atoms with Crippen LogP contribution in [0.1, 0.15) is 11.6 Å². The first kappa shape index (κ1) is 16.5. The minimum atomic E-state index is -0.291. The maximum absolute atomic E-state index is 13.0. The van der Waals surface area contributed by atoms with E-state index in [1.165, 1.54) is 0 Å². The van der Waals surface area contributed by atoms with Crippen LogP contribution in [0, 0.1) is 6.92 Å². The van der Waals surface area contributed by atoms with Gasteiger partial charge in [-0.15, -0.1) is 10.2 Å². The molecule has 1 amide bonds. The Morgan fingerprint density at radius 2 is 1.96 bits per heavy atom. The smallest absolute Gasteiger partial charge is 0.243 e. The van der Waals surface area contributed by atoms with E-state index in [1.54, 1.807) is 4.68 Å². The predicted molar refractivity (Wildman–Crippen MR) is 97.3 cm³/mol. The Bertz CT molecular complexity index is 944. The Hall–Kier alpha value is -3.00. The molecule has 8 heteroatoms. The van der Waals surface area contributed by atoms with E-state index in [9.17, 15) is 4.79 Å². The van der Waals surface area contributed by atoms with Gasteiger partial charge in [0.05, 0.1) is 18.8 Å². The summed E-state index contributed by atoms with van der Waals surface area (Å²) in [6.07, 6.45) is 1.83. The third-order valence-corrected chi connectivity index (χ3v) is 4.73. The molecule has 1 unspecified atom stereocenters. The maximum atomic E-state index is 13.0. The molecule has 0 aliphatic carbocycles. The number of carbonyl (C=O) groups excluding carboxylic acids is 1. The molecule has 4 rings (SSSR count). The fourth-order valence-electron chi connectivity index (χ4n) is 3.31. The first-order valence-electron chi connectivity index (χ1n) is 8.52. The molecule has 3 heterocycles. The molecule has 134 valence electrons. The number of anilines is 1. The molecule has 2 aromatic heterocycles. The van der Waals surface area contributed by atoms with E-state index in [1.807, 2.05) is 67.0 Å². The third-order valence-electron chi connectivity index (χ3n) is 4.73. The van der Waals surface area contributed by atoms with Gasteiger partial charge in [0.2, 0.25) is 5.91 Å². The second-order valence-corrected chi connectivity index (χ2v) is 6.63. The van der Waals surface area contributed by atoms with Crippen molar-refractivity contribution in [2.45, 2.75) is 26.1 Å². The Morgan fingerprint density at radius 1 is 1.19 bits per heavy atom. The molecular formula is C18H21N7O. The molecule has 0 spiro atoms. The molecule has 0 bridgehead atoms. The topological polar surface area (TPSA) is 80.9 Å². The molecule has 1 aliphatic heterocycles. The SMILES string of the molecule is Cc1nnc2n1CC(C(=O)Nc1cn(C)nc1-c1ccccc1)N(C)C2. The Morgan fingerprint density at radius 3 is 2.73 bits per heavy atom. The lowest BCUT2D eigenvalue weighted by Crippen LogP contribution is -2.48. The summed E-state index contributed by atoms with van der Waals surface area (Å²) >= 11 is 0. The van der Waals surface area contributed by atoms with Crippen molar-refractivity contribution in [1.82, 2.24) is 29.4 Å². The number of nitrogens with one attached hydrogen (secondary N) is 1. The summed E-state index contributed by atoms with van der Waals surface area (Å²) < 4.78 is 3.72. The van der Waals surface area contributed by atoms with Gasteiger partial charge < -0.3 is 9.88 Å². The minimum absolute atomic E-state index is 0.0589. The number of nitrogens with zero attached hydrogens (tertiary/aromatic N) is 6. The minimum Gasteiger partial charge on any atom is -0.321 e. The summed E-state index contributed by atoms with van der Waals surface area (Å²) in [6.45, 7) is 3.04. The van der Waals surface area contributed by atoms with Crippen LogP contribution in [-0.4, -0.2) is 48.4 Å². The molecule has 8 nitrogen and oxygen atoms in total. The molecule has 1 atom stereocenters. The van der Waals surface area contributed by atoms with Gasteiger partial charge in [-0.1, -0.05) is 30.3 Å². The lowest BCUT2D eigenvalue weighted by Gasteiger charge is -2.32. The highest BCUT2D eigenvalue weighted by Crippen LogP contribution is 2.27. The predicted octanol–water partition coefficient (Wildman–Crippen LogP) is 1.44. The number of hydrogen-bond acceptors (Lipinski definition) is 5. The molecule has 0 radical (unpaired) electrons. The van der Waals surface area contributed by atoms with Gasteiger partial charge in [-0.3, -0.25) is 14.4 Å². The van der Waals surface area contributed by atoms with E-state index in [-0.39, 0.29) is 11.9 Å². The van der Waals surface area contributed by atoms with Gasteiger partial charge in [0.1, 0.15) is 23.4 Å². The van der Waals surface area contributed by atoms with Crippen molar-refractivity contribution in [1.29, 1.82) is 0 Å². The van der Waals surface area contributed by atoms with Gasteiger partial charge in [-0.2, -0.15) is 5.10 Å². The van der Waals surface area contributed by atoms with Gasteiger partial charge in [0, 0.05) is 18.8 Å². The number of carbonyl (C=O) groups is 1. The molecule has 1 aliphatic rings. The van der Waals surface area contributed by atoms with Gasteiger partial charge in [0.25, 0.3) is 0 Å². The van der Waals surface area contributed by atoms with E-state index in [0.29, 0.717) is 18.8 Å². The maximum Gasteiger partial charge on any atom is 0.243 e. The summed E-state index contributed by atoms with van der Waals surface area (Å²) in [4.78, 5) is 15.0. The number of hydrogen-bond donors (Lipinski definition) is 1. The zero-order valence-electron chi connectivity index (χ0n) is 15.0. The average Bonchev–Trinajstić information content (AvgIpc) is 3.17. The number of likely N-dealkylation sites (N-methyl/N-ethyl adjacent to an activating group) is 1. The van der Waals surface area contributed by atoms with Crippen molar-refractivity contribution in [2.75, 3.05) is 12.4 Å². The third kappa shape index (κ3) is 2.88. The van der Waals surface area contributed by atoms with Crippen molar-refractivity contribution in [3.05, 3.63) is 48.2 Å². The summed E-state index contributed by atoms with van der Waals surface area (Å²) in [5.74, 6) is 1.66. The Kier molecular flexibility index (Phi) is 4.04. The summed E-state index contributed by atoms with van der Waals surface area (Å²) in [5.41, 5.74) is 2.45. The van der Waals surface area contributed by atoms with Crippen LogP contribution in [0.2, 0.25) is 0 Å². The molecule has 1 aromatic carbocycles. The van der Waals surface area contributed by atoms with Crippen LogP contribution in [0.25, 0.3) is 11.3 Å².